The number of aromatic nitrogens is 3. The number of amides is 1. The van der Waals surface area contributed by atoms with Crippen molar-refractivity contribution in [3.05, 3.63) is 53.0 Å². The number of H-pyrrole nitrogens is 1. The zero-order chi connectivity index (χ0) is 20.5. The van der Waals surface area contributed by atoms with Crippen LogP contribution in [-0.2, 0) is 0 Å². The normalized spacial score (nSPS) is 19.5. The molecule has 0 bridgehead atoms. The number of fused-ring (bicyclic) bond motifs is 1. The number of hydrogen-bond donors (Lipinski definition) is 2. The number of carbonyl (C=O) groups is 1. The Balaban J connectivity index is 1.43. The highest BCUT2D eigenvalue weighted by atomic mass is 16.1. The Morgan fingerprint density at radius 2 is 2.10 bits per heavy atom. The number of anilines is 1. The van der Waals surface area contributed by atoms with Crippen molar-refractivity contribution < 1.29 is 4.79 Å². The molecule has 1 fully saturated rings. The van der Waals surface area contributed by atoms with Gasteiger partial charge < -0.3 is 15.2 Å². The first-order chi connectivity index (χ1) is 13.9. The monoisotopic (exact) mass is 391 g/mol. The Morgan fingerprint density at radius 1 is 1.28 bits per heavy atom. The number of nitrogens with one attached hydrogen (secondary N) is 2. The maximum absolute atomic E-state index is 12.8. The van der Waals surface area contributed by atoms with E-state index in [1.54, 1.807) is 0 Å². The van der Waals surface area contributed by atoms with Gasteiger partial charge in [0, 0.05) is 42.4 Å². The van der Waals surface area contributed by atoms with E-state index in [2.05, 4.69) is 52.0 Å². The van der Waals surface area contributed by atoms with Gasteiger partial charge >= 0.3 is 0 Å². The van der Waals surface area contributed by atoms with Gasteiger partial charge in [-0.25, -0.2) is 9.97 Å². The highest BCUT2D eigenvalue weighted by molar-refractivity contribution is 5.99. The van der Waals surface area contributed by atoms with Crippen LogP contribution in [0.5, 0.6) is 0 Å². The summed E-state index contributed by atoms with van der Waals surface area (Å²) in [6.45, 7) is 10.9. The maximum atomic E-state index is 12.8. The van der Waals surface area contributed by atoms with Gasteiger partial charge in [0.1, 0.15) is 5.69 Å². The summed E-state index contributed by atoms with van der Waals surface area (Å²) in [5, 5.41) is 4.25. The van der Waals surface area contributed by atoms with Crippen molar-refractivity contribution in [1.82, 2.24) is 20.3 Å². The topological polar surface area (TPSA) is 73.9 Å². The lowest BCUT2D eigenvalue weighted by molar-refractivity contribution is 0.0936. The predicted molar refractivity (Wildman–Crippen MR) is 116 cm³/mol. The number of rotatable bonds is 4. The number of aryl methyl sites for hydroxylation is 3. The van der Waals surface area contributed by atoms with E-state index >= 15 is 0 Å². The average Bonchev–Trinajstić information content (AvgIpc) is 3.15. The molecule has 2 aromatic heterocycles. The molecule has 3 aromatic rings. The van der Waals surface area contributed by atoms with E-state index in [9.17, 15) is 4.79 Å². The summed E-state index contributed by atoms with van der Waals surface area (Å²) in [7, 11) is 0. The molecule has 6 nitrogen and oxygen atoms in total. The molecule has 1 aliphatic heterocycles. The van der Waals surface area contributed by atoms with Crippen LogP contribution in [0, 0.1) is 32.6 Å². The molecule has 2 unspecified atom stereocenters. The second kappa shape index (κ2) is 7.85. The van der Waals surface area contributed by atoms with Crippen LogP contribution < -0.4 is 10.2 Å². The van der Waals surface area contributed by atoms with E-state index in [0.29, 0.717) is 24.1 Å². The third-order valence-electron chi connectivity index (χ3n) is 6.29. The van der Waals surface area contributed by atoms with Crippen molar-refractivity contribution in [3.63, 3.8) is 0 Å². The molecule has 3 heterocycles. The van der Waals surface area contributed by atoms with Gasteiger partial charge in [0.25, 0.3) is 5.91 Å². The minimum atomic E-state index is -0.0469. The molecular weight excluding hydrogens is 362 g/mol. The minimum Gasteiger partial charge on any atom is -0.351 e. The van der Waals surface area contributed by atoms with E-state index in [-0.39, 0.29) is 5.91 Å². The average molecular weight is 392 g/mol. The van der Waals surface area contributed by atoms with Crippen LogP contribution in [-0.4, -0.2) is 40.5 Å². The summed E-state index contributed by atoms with van der Waals surface area (Å²) < 4.78 is 0. The van der Waals surface area contributed by atoms with Crippen molar-refractivity contribution in [3.8, 4) is 0 Å². The van der Waals surface area contributed by atoms with Crippen LogP contribution in [0.2, 0.25) is 0 Å². The lowest BCUT2D eigenvalue weighted by atomic mass is 9.87. The third-order valence-corrected chi connectivity index (χ3v) is 6.29. The molecule has 0 saturated carbocycles. The van der Waals surface area contributed by atoms with Crippen LogP contribution in [0.25, 0.3) is 10.9 Å². The standard InChI is InChI=1S/C23H29N5O/c1-14-5-6-20-19(17(14)4)11-21(27-20)22(29)25-12-18-13-28(10-8-15(18)2)23-24-9-7-16(3)26-23/h5-7,9,11,15,18,27H,8,10,12-13H2,1-4H3,(H,25,29). The molecule has 2 N–H and O–H groups in total. The van der Waals surface area contributed by atoms with Gasteiger partial charge in [-0.2, -0.15) is 0 Å². The van der Waals surface area contributed by atoms with Gasteiger partial charge in [0.05, 0.1) is 0 Å². The van der Waals surface area contributed by atoms with Crippen LogP contribution in [0.4, 0.5) is 5.95 Å². The van der Waals surface area contributed by atoms with Gasteiger partial charge in [0.2, 0.25) is 5.95 Å². The van der Waals surface area contributed by atoms with Crippen LogP contribution >= 0.6 is 0 Å². The quantitative estimate of drug-likeness (QED) is 0.710. The zero-order valence-corrected chi connectivity index (χ0v) is 17.6. The second-order valence-corrected chi connectivity index (χ2v) is 8.33. The van der Waals surface area contributed by atoms with E-state index in [4.69, 9.17) is 0 Å². The molecule has 1 amide bonds. The molecule has 0 spiro atoms. The summed E-state index contributed by atoms with van der Waals surface area (Å²) in [5.41, 5.74) is 5.05. The third kappa shape index (κ3) is 3.97. The molecule has 0 aliphatic carbocycles. The largest absolute Gasteiger partial charge is 0.351 e. The van der Waals surface area contributed by atoms with Crippen molar-refractivity contribution in [1.29, 1.82) is 0 Å². The van der Waals surface area contributed by atoms with Gasteiger partial charge in [-0.05, 0) is 68.4 Å². The number of benzene rings is 1. The lowest BCUT2D eigenvalue weighted by Gasteiger charge is -2.37. The Hall–Kier alpha value is -2.89. The smallest absolute Gasteiger partial charge is 0.267 e. The van der Waals surface area contributed by atoms with Crippen molar-refractivity contribution in [2.75, 3.05) is 24.5 Å². The van der Waals surface area contributed by atoms with Gasteiger partial charge in [0.15, 0.2) is 0 Å². The predicted octanol–water partition coefficient (Wildman–Crippen LogP) is 3.78. The Morgan fingerprint density at radius 3 is 2.90 bits per heavy atom. The zero-order valence-electron chi connectivity index (χ0n) is 17.6. The molecule has 6 heteroatoms. The summed E-state index contributed by atoms with van der Waals surface area (Å²) >= 11 is 0. The summed E-state index contributed by atoms with van der Waals surface area (Å²) in [6, 6.07) is 8.00. The molecule has 1 aliphatic rings. The number of carbonyl (C=O) groups excluding carboxylic acids is 1. The number of piperidine rings is 1. The molecule has 152 valence electrons. The fourth-order valence-corrected chi connectivity index (χ4v) is 4.08. The van der Waals surface area contributed by atoms with Gasteiger partial charge in [-0.15, -0.1) is 0 Å². The minimum absolute atomic E-state index is 0.0469. The first kappa shape index (κ1) is 19.4. The first-order valence-corrected chi connectivity index (χ1v) is 10.3. The van der Waals surface area contributed by atoms with E-state index < -0.39 is 0 Å². The Kier molecular flexibility index (Phi) is 5.26. The van der Waals surface area contributed by atoms with Crippen LogP contribution in [0.15, 0.2) is 30.5 Å². The molecule has 2 atom stereocenters. The maximum Gasteiger partial charge on any atom is 0.267 e. The van der Waals surface area contributed by atoms with Crippen LogP contribution in [0.3, 0.4) is 0 Å². The fourth-order valence-electron chi connectivity index (χ4n) is 4.08. The molecule has 29 heavy (non-hydrogen) atoms. The van der Waals surface area contributed by atoms with Crippen molar-refractivity contribution in [2.24, 2.45) is 11.8 Å². The van der Waals surface area contributed by atoms with Gasteiger partial charge in [-0.1, -0.05) is 13.0 Å². The molecule has 1 aromatic carbocycles. The first-order valence-electron chi connectivity index (χ1n) is 10.3. The highest BCUT2D eigenvalue weighted by Gasteiger charge is 2.28. The Labute approximate surface area is 171 Å². The second-order valence-electron chi connectivity index (χ2n) is 8.33. The highest BCUT2D eigenvalue weighted by Crippen LogP contribution is 2.26. The number of nitrogens with zero attached hydrogens (tertiary/aromatic N) is 3. The van der Waals surface area contributed by atoms with Gasteiger partial charge in [-0.3, -0.25) is 4.79 Å². The Bertz CT molecular complexity index is 1040. The molecule has 0 radical (unpaired) electrons. The van der Waals surface area contributed by atoms with E-state index in [1.165, 1.54) is 11.1 Å². The fraction of sp³-hybridized carbons (Fsp3) is 0.435. The van der Waals surface area contributed by atoms with Crippen molar-refractivity contribution >= 4 is 22.8 Å². The van der Waals surface area contributed by atoms with Crippen molar-refractivity contribution in [2.45, 2.75) is 34.1 Å². The summed E-state index contributed by atoms with van der Waals surface area (Å²) in [4.78, 5) is 27.3. The molecule has 4 rings (SSSR count). The van der Waals surface area contributed by atoms with Crippen LogP contribution in [0.1, 0.15) is 40.7 Å². The lowest BCUT2D eigenvalue weighted by Crippen LogP contribution is -2.45. The molecular formula is C23H29N5O. The molecule has 1 saturated heterocycles. The SMILES string of the molecule is Cc1ccnc(N2CCC(C)C(CNC(=O)c3cc4c(C)c(C)ccc4[nH]3)C2)n1. The van der Waals surface area contributed by atoms with E-state index in [0.717, 1.165) is 42.1 Å². The number of hydrogen-bond acceptors (Lipinski definition) is 4. The number of aromatic amines is 1. The van der Waals surface area contributed by atoms with E-state index in [1.807, 2.05) is 31.3 Å². The summed E-state index contributed by atoms with van der Waals surface area (Å²) in [5.74, 6) is 1.65. The summed E-state index contributed by atoms with van der Waals surface area (Å²) in [6.07, 6.45) is 2.88.